The lowest BCUT2D eigenvalue weighted by Crippen LogP contribution is -2.52. The number of aliphatic hydroxyl groups excluding tert-OH is 1. The van der Waals surface area contributed by atoms with Gasteiger partial charge in [-0.05, 0) is 55.8 Å². The Morgan fingerprint density at radius 1 is 1.20 bits per heavy atom. The number of aromatic nitrogens is 4. The van der Waals surface area contributed by atoms with Crippen LogP contribution in [0.4, 0.5) is 0 Å². The van der Waals surface area contributed by atoms with E-state index in [1.165, 1.54) is 11.4 Å². The molecule has 1 fully saturated rings. The van der Waals surface area contributed by atoms with Crippen LogP contribution in [0.25, 0.3) is 11.2 Å². The highest BCUT2D eigenvalue weighted by Gasteiger charge is 2.38. The van der Waals surface area contributed by atoms with Crippen LogP contribution in [0, 0.1) is 5.92 Å². The maximum atomic E-state index is 10.9. The fourth-order valence-electron chi connectivity index (χ4n) is 6.19. The minimum absolute atomic E-state index is 0.0388. The van der Waals surface area contributed by atoms with Crippen LogP contribution < -0.4 is 4.57 Å². The molecule has 41 heavy (non-hydrogen) atoms. The van der Waals surface area contributed by atoms with Crippen molar-refractivity contribution in [1.82, 2.24) is 19.4 Å². The fourth-order valence-corrected chi connectivity index (χ4v) is 6.19. The minimum Gasteiger partial charge on any atom is -0.388 e. The van der Waals surface area contributed by atoms with Gasteiger partial charge < -0.3 is 9.84 Å². The van der Waals surface area contributed by atoms with Crippen molar-refractivity contribution in [2.75, 3.05) is 33.7 Å². The number of nitrogens with zero attached hydrogens (tertiary/aromatic N) is 7. The molecular weight excluding hydrogens is 514 g/mol. The number of quaternary nitrogens is 1. The van der Waals surface area contributed by atoms with E-state index in [1.807, 2.05) is 22.4 Å². The van der Waals surface area contributed by atoms with Crippen molar-refractivity contribution < 1.29 is 18.9 Å². The molecule has 2 aliphatic heterocycles. The van der Waals surface area contributed by atoms with E-state index in [4.69, 9.17) is 9.73 Å². The number of hydrogen-bond acceptors (Lipinski definition) is 6. The second-order valence-corrected chi connectivity index (χ2v) is 12.9. The van der Waals surface area contributed by atoms with Crippen molar-refractivity contribution in [2.24, 2.45) is 18.0 Å². The van der Waals surface area contributed by atoms with Crippen LogP contribution in [0.3, 0.4) is 0 Å². The van der Waals surface area contributed by atoms with Crippen LogP contribution in [-0.4, -0.2) is 92.9 Å². The lowest BCUT2D eigenvalue weighted by atomic mass is 10.0. The van der Waals surface area contributed by atoms with Crippen LogP contribution in [0.15, 0.2) is 47.6 Å². The summed E-state index contributed by atoms with van der Waals surface area (Å²) in [6, 6.07) is 0.819. The molecule has 4 unspecified atom stereocenters. The highest BCUT2D eigenvalue weighted by molar-refractivity contribution is 5.76. The van der Waals surface area contributed by atoms with Crippen molar-refractivity contribution >= 4 is 17.0 Å². The van der Waals surface area contributed by atoms with E-state index < -0.39 is 12.3 Å². The van der Waals surface area contributed by atoms with E-state index in [0.717, 1.165) is 61.0 Å². The molecular formula is C32H53N7O2+2. The zero-order valence-electron chi connectivity index (χ0n) is 26.6. The third kappa shape index (κ3) is 7.49. The third-order valence-corrected chi connectivity index (χ3v) is 8.88. The molecule has 226 valence electrons. The number of fused-ring (bicyclic) bond motifs is 1. The third-order valence-electron chi connectivity index (χ3n) is 8.88. The van der Waals surface area contributed by atoms with Gasteiger partial charge in [-0.15, -0.1) is 0 Å². The number of allylic oxidation sites excluding steroid dienone is 2. The summed E-state index contributed by atoms with van der Waals surface area (Å²) in [6.07, 6.45) is 16.3. The predicted octanol–water partition coefficient (Wildman–Crippen LogP) is 4.19. The molecule has 9 heteroatoms. The van der Waals surface area contributed by atoms with E-state index in [1.54, 1.807) is 12.7 Å². The molecule has 0 bridgehead atoms. The van der Waals surface area contributed by atoms with Gasteiger partial charge in [0.15, 0.2) is 17.6 Å². The number of aliphatic hydroxyl groups is 1. The molecule has 4 atom stereocenters. The van der Waals surface area contributed by atoms with Crippen LogP contribution >= 0.6 is 0 Å². The maximum Gasteiger partial charge on any atom is 0.288 e. The van der Waals surface area contributed by atoms with Crippen molar-refractivity contribution in [2.45, 2.75) is 97.2 Å². The Labute approximate surface area is 246 Å². The Morgan fingerprint density at radius 3 is 2.68 bits per heavy atom. The predicted molar refractivity (Wildman–Crippen MR) is 164 cm³/mol. The van der Waals surface area contributed by atoms with Gasteiger partial charge in [-0.2, -0.15) is 0 Å². The number of likely N-dealkylation sites (N-methyl/N-ethyl adjacent to an activating group) is 1. The standard InChI is InChI=1S/C32H53N7O2/c1-9-26-14-13-25(23(2)3)15-16-33-30(39(26,7)8)12-10-11-17-37(24(4)5)19-27-18-29(40)32(41-27)38-22-34-28-20-36(6)21-35-31(28)38/h13-15,20-24,26-27,29,32,40H,9-12,16-19H2,1-8H3/q+2. The summed E-state index contributed by atoms with van der Waals surface area (Å²) >= 11 is 0. The lowest BCUT2D eigenvalue weighted by Gasteiger charge is -2.36. The number of hydrogen-bond donors (Lipinski definition) is 1. The average molecular weight is 568 g/mol. The van der Waals surface area contributed by atoms with Crippen LogP contribution in [0.2, 0.25) is 0 Å². The van der Waals surface area contributed by atoms with Gasteiger partial charge in [0.25, 0.3) is 12.0 Å². The van der Waals surface area contributed by atoms with Crippen molar-refractivity contribution in [3.63, 3.8) is 0 Å². The first-order valence-corrected chi connectivity index (χ1v) is 15.5. The van der Waals surface area contributed by atoms with E-state index in [2.05, 4.69) is 81.8 Å². The Hall–Kier alpha value is -2.46. The first kappa shape index (κ1) is 31.5. The van der Waals surface area contributed by atoms with Crippen LogP contribution in [-0.2, 0) is 11.8 Å². The zero-order chi connectivity index (χ0) is 29.7. The van der Waals surface area contributed by atoms with Gasteiger partial charge in [-0.25, -0.2) is 14.5 Å². The topological polar surface area (TPSA) is 79.7 Å². The smallest absolute Gasteiger partial charge is 0.288 e. The summed E-state index contributed by atoms with van der Waals surface area (Å²) in [5.41, 5.74) is 2.91. The summed E-state index contributed by atoms with van der Waals surface area (Å²) in [6.45, 7) is 13.8. The molecule has 0 saturated carbocycles. The summed E-state index contributed by atoms with van der Waals surface area (Å²) in [5.74, 6) is 1.80. The summed E-state index contributed by atoms with van der Waals surface area (Å²) in [5, 5.41) is 10.9. The molecule has 1 N–H and O–H groups in total. The monoisotopic (exact) mass is 567 g/mol. The van der Waals surface area contributed by atoms with Gasteiger partial charge >= 0.3 is 0 Å². The summed E-state index contributed by atoms with van der Waals surface area (Å²) < 4.78 is 11.0. The molecule has 0 aliphatic carbocycles. The van der Waals surface area contributed by atoms with Gasteiger partial charge in [0.05, 0.1) is 33.8 Å². The highest BCUT2D eigenvalue weighted by atomic mass is 16.5. The van der Waals surface area contributed by atoms with E-state index in [9.17, 15) is 5.11 Å². The van der Waals surface area contributed by atoms with Crippen LogP contribution in [0.1, 0.15) is 73.0 Å². The molecule has 2 aromatic rings. The van der Waals surface area contributed by atoms with Crippen LogP contribution in [0.5, 0.6) is 0 Å². The molecule has 0 amide bonds. The number of imidazole rings is 1. The van der Waals surface area contributed by atoms with Gasteiger partial charge in [0.1, 0.15) is 24.7 Å². The largest absolute Gasteiger partial charge is 0.388 e. The molecule has 0 radical (unpaired) electrons. The number of amidine groups is 1. The SMILES string of the molecule is CCC1C=CC(C(C)C)=CCN=C(CCCCN(CC2CC(O)C(n3cnc4c[n+](C)cnc43)O2)C(C)C)[N+]1(C)C. The molecule has 0 spiro atoms. The number of unbranched alkanes of at least 4 members (excludes halogenated alkanes) is 1. The Bertz CT molecular complexity index is 1250. The first-order valence-electron chi connectivity index (χ1n) is 15.5. The molecule has 0 aromatic carbocycles. The Balaban J connectivity index is 1.34. The Morgan fingerprint density at radius 2 is 1.98 bits per heavy atom. The van der Waals surface area contributed by atoms with Gasteiger partial charge in [-0.3, -0.25) is 14.0 Å². The molecule has 9 nitrogen and oxygen atoms in total. The van der Waals surface area contributed by atoms with Gasteiger partial charge in [-0.1, -0.05) is 32.9 Å². The van der Waals surface area contributed by atoms with E-state index >= 15 is 0 Å². The molecule has 2 aromatic heterocycles. The second-order valence-electron chi connectivity index (χ2n) is 12.9. The second kappa shape index (κ2) is 13.7. The number of ether oxygens (including phenoxy) is 1. The van der Waals surface area contributed by atoms with E-state index in [-0.39, 0.29) is 6.10 Å². The van der Waals surface area contributed by atoms with Gasteiger partial charge in [0, 0.05) is 31.8 Å². The van der Waals surface area contributed by atoms with Crippen molar-refractivity contribution in [3.8, 4) is 0 Å². The van der Waals surface area contributed by atoms with Crippen molar-refractivity contribution in [1.29, 1.82) is 0 Å². The number of rotatable bonds is 11. The van der Waals surface area contributed by atoms with E-state index in [0.29, 0.717) is 24.4 Å². The maximum absolute atomic E-state index is 10.9. The summed E-state index contributed by atoms with van der Waals surface area (Å²) in [4.78, 5) is 16.6. The van der Waals surface area contributed by atoms with Gasteiger partial charge in [0.2, 0.25) is 0 Å². The van der Waals surface area contributed by atoms with Crippen molar-refractivity contribution in [3.05, 3.63) is 42.7 Å². The molecule has 4 heterocycles. The number of aryl methyl sites for hydroxylation is 1. The number of aliphatic imine (C=N–C) groups is 1. The molecule has 1 saturated heterocycles. The quantitative estimate of drug-likeness (QED) is 0.250. The molecule has 4 rings (SSSR count). The average Bonchev–Trinajstić information content (AvgIpc) is 3.50. The normalized spacial score (nSPS) is 25.1. The zero-order valence-corrected chi connectivity index (χ0v) is 26.6. The highest BCUT2D eigenvalue weighted by Crippen LogP contribution is 2.31. The minimum atomic E-state index is -0.589. The first-order chi connectivity index (χ1) is 19.5. The molecule has 2 aliphatic rings. The lowest BCUT2D eigenvalue weighted by molar-refractivity contribution is -0.821. The fraction of sp³-hybridized carbons (Fsp3) is 0.688. The Kier molecular flexibility index (Phi) is 10.5. The summed E-state index contributed by atoms with van der Waals surface area (Å²) in [7, 11) is 6.56.